The Morgan fingerprint density at radius 3 is 2.53 bits per heavy atom. The number of hydrogen-bond donors (Lipinski definition) is 1. The van der Waals surface area contributed by atoms with Crippen molar-refractivity contribution in [1.29, 1.82) is 0 Å². The van der Waals surface area contributed by atoms with Gasteiger partial charge in [-0.05, 0) is 24.6 Å². The molecule has 1 N–H and O–H groups in total. The van der Waals surface area contributed by atoms with Gasteiger partial charge in [0.15, 0.2) is 0 Å². The second-order valence-electron chi connectivity index (χ2n) is 3.97. The maximum absolute atomic E-state index is 11.9. The van der Waals surface area contributed by atoms with Crippen LogP contribution in [-0.4, -0.2) is 15.9 Å². The SMILES string of the molecule is CC(NC(=O)c1cncc(Cl)n1)c1ccc(Cl)cc1. The summed E-state index contributed by atoms with van der Waals surface area (Å²) < 4.78 is 0. The van der Waals surface area contributed by atoms with Crippen LogP contribution in [0.4, 0.5) is 0 Å². The Kier molecular flexibility index (Phi) is 4.35. The van der Waals surface area contributed by atoms with Crippen molar-refractivity contribution < 1.29 is 4.79 Å². The molecule has 1 unspecified atom stereocenters. The lowest BCUT2D eigenvalue weighted by molar-refractivity contribution is 0.0934. The highest BCUT2D eigenvalue weighted by molar-refractivity contribution is 6.30. The molecule has 0 radical (unpaired) electrons. The number of carbonyl (C=O) groups is 1. The molecule has 0 saturated carbocycles. The van der Waals surface area contributed by atoms with Gasteiger partial charge in [-0.2, -0.15) is 0 Å². The van der Waals surface area contributed by atoms with Crippen molar-refractivity contribution in [1.82, 2.24) is 15.3 Å². The Morgan fingerprint density at radius 2 is 1.89 bits per heavy atom. The molecule has 1 amide bonds. The van der Waals surface area contributed by atoms with Gasteiger partial charge >= 0.3 is 0 Å². The number of rotatable bonds is 3. The van der Waals surface area contributed by atoms with Crippen molar-refractivity contribution in [3.63, 3.8) is 0 Å². The molecular formula is C13H11Cl2N3O. The molecule has 0 aliphatic heterocycles. The van der Waals surface area contributed by atoms with E-state index in [1.165, 1.54) is 12.4 Å². The zero-order chi connectivity index (χ0) is 13.8. The minimum absolute atomic E-state index is 0.162. The summed E-state index contributed by atoms with van der Waals surface area (Å²) in [6.45, 7) is 1.87. The van der Waals surface area contributed by atoms with Gasteiger partial charge in [0, 0.05) is 5.02 Å². The van der Waals surface area contributed by atoms with Crippen molar-refractivity contribution in [3.05, 3.63) is 58.1 Å². The molecule has 1 aromatic carbocycles. The first-order valence-electron chi connectivity index (χ1n) is 5.60. The van der Waals surface area contributed by atoms with Gasteiger partial charge in [-0.15, -0.1) is 0 Å². The van der Waals surface area contributed by atoms with Gasteiger partial charge < -0.3 is 5.32 Å². The van der Waals surface area contributed by atoms with Gasteiger partial charge in [-0.1, -0.05) is 35.3 Å². The minimum atomic E-state index is -0.322. The van der Waals surface area contributed by atoms with Crippen LogP contribution in [0.2, 0.25) is 10.2 Å². The van der Waals surface area contributed by atoms with Gasteiger partial charge in [0.2, 0.25) is 0 Å². The molecule has 4 nitrogen and oxygen atoms in total. The van der Waals surface area contributed by atoms with Crippen molar-refractivity contribution in [3.8, 4) is 0 Å². The molecule has 0 bridgehead atoms. The number of aromatic nitrogens is 2. The summed E-state index contributed by atoms with van der Waals surface area (Å²) in [5, 5.41) is 3.66. The highest BCUT2D eigenvalue weighted by atomic mass is 35.5. The number of benzene rings is 1. The molecule has 2 rings (SSSR count). The van der Waals surface area contributed by atoms with Gasteiger partial charge in [-0.25, -0.2) is 4.98 Å². The maximum Gasteiger partial charge on any atom is 0.272 e. The first-order chi connectivity index (χ1) is 9.06. The quantitative estimate of drug-likeness (QED) is 0.945. The number of amides is 1. The average Bonchev–Trinajstić information content (AvgIpc) is 2.39. The van der Waals surface area contributed by atoms with E-state index in [1.807, 2.05) is 19.1 Å². The molecule has 2 aromatic rings. The summed E-state index contributed by atoms with van der Waals surface area (Å²) in [7, 11) is 0. The number of nitrogens with zero attached hydrogens (tertiary/aromatic N) is 2. The van der Waals surface area contributed by atoms with Crippen LogP contribution in [0.15, 0.2) is 36.7 Å². The lowest BCUT2D eigenvalue weighted by atomic mass is 10.1. The van der Waals surface area contributed by atoms with E-state index in [1.54, 1.807) is 12.1 Å². The molecular weight excluding hydrogens is 285 g/mol. The lowest BCUT2D eigenvalue weighted by Gasteiger charge is -2.14. The highest BCUT2D eigenvalue weighted by Gasteiger charge is 2.13. The molecule has 1 aromatic heterocycles. The maximum atomic E-state index is 11.9. The summed E-state index contributed by atoms with van der Waals surface area (Å²) in [4.78, 5) is 19.7. The standard InChI is InChI=1S/C13H11Cl2N3O/c1-8(9-2-4-10(14)5-3-9)17-13(19)11-6-16-7-12(15)18-11/h2-8H,1H3,(H,17,19). The van der Waals surface area contributed by atoms with Crippen LogP contribution >= 0.6 is 23.2 Å². The van der Waals surface area contributed by atoms with Crippen LogP contribution in [0.25, 0.3) is 0 Å². The largest absolute Gasteiger partial charge is 0.344 e. The second kappa shape index (κ2) is 5.99. The molecule has 6 heteroatoms. The third-order valence-corrected chi connectivity index (χ3v) is 2.99. The number of hydrogen-bond acceptors (Lipinski definition) is 3. The van der Waals surface area contributed by atoms with E-state index in [-0.39, 0.29) is 22.8 Å². The fourth-order valence-corrected chi connectivity index (χ4v) is 1.83. The molecule has 0 saturated heterocycles. The minimum Gasteiger partial charge on any atom is -0.344 e. The van der Waals surface area contributed by atoms with E-state index in [9.17, 15) is 4.79 Å². The predicted molar refractivity (Wildman–Crippen MR) is 74.4 cm³/mol. The predicted octanol–water partition coefficient (Wildman–Crippen LogP) is 3.27. The first-order valence-corrected chi connectivity index (χ1v) is 6.36. The van der Waals surface area contributed by atoms with E-state index in [4.69, 9.17) is 23.2 Å². The zero-order valence-electron chi connectivity index (χ0n) is 10.1. The fraction of sp³-hybridized carbons (Fsp3) is 0.154. The monoisotopic (exact) mass is 295 g/mol. The smallest absolute Gasteiger partial charge is 0.272 e. The fourth-order valence-electron chi connectivity index (χ4n) is 1.56. The van der Waals surface area contributed by atoms with E-state index in [0.29, 0.717) is 5.02 Å². The van der Waals surface area contributed by atoms with Crippen LogP contribution in [0, 0.1) is 0 Å². The van der Waals surface area contributed by atoms with Crippen molar-refractivity contribution in [2.24, 2.45) is 0 Å². The molecule has 0 spiro atoms. The van der Waals surface area contributed by atoms with Gasteiger partial charge in [0.05, 0.1) is 18.4 Å². The zero-order valence-corrected chi connectivity index (χ0v) is 11.6. The molecule has 0 fully saturated rings. The Balaban J connectivity index is 2.08. The Labute approximate surface area is 120 Å². The molecule has 19 heavy (non-hydrogen) atoms. The number of halogens is 2. The first kappa shape index (κ1) is 13.8. The van der Waals surface area contributed by atoms with Crippen LogP contribution in [0.1, 0.15) is 29.0 Å². The topological polar surface area (TPSA) is 54.9 Å². The normalized spacial score (nSPS) is 11.9. The van der Waals surface area contributed by atoms with Crippen molar-refractivity contribution in [2.75, 3.05) is 0 Å². The summed E-state index contributed by atoms with van der Waals surface area (Å²) in [5.74, 6) is -0.322. The lowest BCUT2D eigenvalue weighted by Crippen LogP contribution is -2.27. The van der Waals surface area contributed by atoms with Crippen LogP contribution in [0.3, 0.4) is 0 Å². The van der Waals surface area contributed by atoms with E-state index in [0.717, 1.165) is 5.56 Å². The average molecular weight is 296 g/mol. The third-order valence-electron chi connectivity index (χ3n) is 2.56. The van der Waals surface area contributed by atoms with Gasteiger partial charge in [-0.3, -0.25) is 9.78 Å². The van der Waals surface area contributed by atoms with Gasteiger partial charge in [0.25, 0.3) is 5.91 Å². The summed E-state index contributed by atoms with van der Waals surface area (Å²) >= 11 is 11.5. The number of carbonyl (C=O) groups excluding carboxylic acids is 1. The Bertz CT molecular complexity index is 587. The van der Waals surface area contributed by atoms with E-state index >= 15 is 0 Å². The molecule has 98 valence electrons. The molecule has 1 atom stereocenters. The highest BCUT2D eigenvalue weighted by Crippen LogP contribution is 2.16. The third kappa shape index (κ3) is 3.66. The molecule has 0 aliphatic carbocycles. The van der Waals surface area contributed by atoms with E-state index in [2.05, 4.69) is 15.3 Å². The van der Waals surface area contributed by atoms with Crippen molar-refractivity contribution in [2.45, 2.75) is 13.0 Å². The Hall–Kier alpha value is -1.65. The molecule has 1 heterocycles. The second-order valence-corrected chi connectivity index (χ2v) is 4.80. The van der Waals surface area contributed by atoms with E-state index < -0.39 is 0 Å². The van der Waals surface area contributed by atoms with Crippen molar-refractivity contribution >= 4 is 29.1 Å². The summed E-state index contributed by atoms with van der Waals surface area (Å²) in [6, 6.07) is 7.11. The van der Waals surface area contributed by atoms with Crippen LogP contribution in [0.5, 0.6) is 0 Å². The Morgan fingerprint density at radius 1 is 1.21 bits per heavy atom. The summed E-state index contributed by atoms with van der Waals surface area (Å²) in [5.41, 5.74) is 1.14. The molecule has 0 aliphatic rings. The van der Waals surface area contributed by atoms with Crippen LogP contribution < -0.4 is 5.32 Å². The number of nitrogens with one attached hydrogen (secondary N) is 1. The van der Waals surface area contributed by atoms with Crippen LogP contribution in [-0.2, 0) is 0 Å². The summed E-state index contributed by atoms with van der Waals surface area (Å²) in [6.07, 6.45) is 2.75. The van der Waals surface area contributed by atoms with Gasteiger partial charge in [0.1, 0.15) is 10.8 Å².